The maximum Gasteiger partial charge on any atom is 0.148 e. The van der Waals surface area contributed by atoms with Crippen molar-refractivity contribution >= 4 is 0 Å². The molecule has 1 atom stereocenters. The Bertz CT molecular complexity index is 564. The lowest BCUT2D eigenvalue weighted by Gasteiger charge is -2.14. The quantitative estimate of drug-likeness (QED) is 0.912. The van der Waals surface area contributed by atoms with Crippen LogP contribution in [-0.2, 0) is 6.42 Å². The normalized spacial score (nSPS) is 12.2. The van der Waals surface area contributed by atoms with Gasteiger partial charge in [0.05, 0.1) is 5.69 Å². The third-order valence-electron chi connectivity index (χ3n) is 2.94. The van der Waals surface area contributed by atoms with Crippen LogP contribution < -0.4 is 10.5 Å². The summed E-state index contributed by atoms with van der Waals surface area (Å²) in [6.45, 7) is 6.01. The van der Waals surface area contributed by atoms with E-state index in [1.807, 2.05) is 38.1 Å². The molecular weight excluding hydrogens is 236 g/mol. The van der Waals surface area contributed by atoms with Crippen molar-refractivity contribution < 1.29 is 4.74 Å². The largest absolute Gasteiger partial charge is 0.455 e. The fraction of sp³-hybridized carbons (Fsp3) is 0.312. The van der Waals surface area contributed by atoms with E-state index in [2.05, 4.69) is 18.0 Å². The molecule has 1 unspecified atom stereocenters. The zero-order valence-electron chi connectivity index (χ0n) is 11.7. The van der Waals surface area contributed by atoms with Crippen LogP contribution in [0.5, 0.6) is 11.5 Å². The van der Waals surface area contributed by atoms with Crippen LogP contribution in [0.2, 0.25) is 0 Å². The van der Waals surface area contributed by atoms with Crippen LogP contribution in [0.1, 0.15) is 23.7 Å². The van der Waals surface area contributed by atoms with Gasteiger partial charge in [0, 0.05) is 12.2 Å². The molecule has 3 heteroatoms. The minimum atomic E-state index is 0.110. The van der Waals surface area contributed by atoms with E-state index in [4.69, 9.17) is 10.5 Å². The summed E-state index contributed by atoms with van der Waals surface area (Å²) in [6, 6.07) is 10.1. The number of nitrogens with zero attached hydrogens (tertiary/aromatic N) is 1. The maximum absolute atomic E-state index is 5.98. The van der Waals surface area contributed by atoms with Gasteiger partial charge in [-0.2, -0.15) is 0 Å². The van der Waals surface area contributed by atoms with E-state index in [1.54, 1.807) is 6.20 Å². The molecule has 0 radical (unpaired) electrons. The number of rotatable bonds is 4. The fourth-order valence-electron chi connectivity index (χ4n) is 2.01. The van der Waals surface area contributed by atoms with Crippen molar-refractivity contribution in [2.24, 2.45) is 5.73 Å². The predicted molar refractivity (Wildman–Crippen MR) is 77.6 cm³/mol. The maximum atomic E-state index is 5.98. The lowest BCUT2D eigenvalue weighted by atomic mass is 10.0. The molecule has 2 N–H and O–H groups in total. The Morgan fingerprint density at radius 3 is 2.68 bits per heavy atom. The first-order valence-corrected chi connectivity index (χ1v) is 6.51. The first kappa shape index (κ1) is 13.6. The SMILES string of the molecule is Cc1ccc(Oc2cccnc2C)c(CC(C)N)c1. The molecule has 1 aromatic heterocycles. The summed E-state index contributed by atoms with van der Waals surface area (Å²) in [5.74, 6) is 1.65. The van der Waals surface area contributed by atoms with Crippen LogP contribution in [0.3, 0.4) is 0 Å². The molecule has 0 spiro atoms. The van der Waals surface area contributed by atoms with Crippen LogP contribution >= 0.6 is 0 Å². The van der Waals surface area contributed by atoms with Crippen LogP contribution in [0, 0.1) is 13.8 Å². The second-order valence-corrected chi connectivity index (χ2v) is 4.98. The molecule has 3 nitrogen and oxygen atoms in total. The second-order valence-electron chi connectivity index (χ2n) is 4.98. The second kappa shape index (κ2) is 5.85. The van der Waals surface area contributed by atoms with Gasteiger partial charge >= 0.3 is 0 Å². The molecule has 0 bridgehead atoms. The van der Waals surface area contributed by atoms with Gasteiger partial charge in [-0.1, -0.05) is 17.7 Å². The van der Waals surface area contributed by atoms with E-state index in [0.29, 0.717) is 0 Å². The highest BCUT2D eigenvalue weighted by atomic mass is 16.5. The van der Waals surface area contributed by atoms with Crippen LogP contribution in [0.15, 0.2) is 36.5 Å². The minimum absolute atomic E-state index is 0.110. The first-order chi connectivity index (χ1) is 9.06. The molecule has 0 aliphatic heterocycles. The average Bonchev–Trinajstić information content (AvgIpc) is 2.34. The summed E-state index contributed by atoms with van der Waals surface area (Å²) in [5, 5.41) is 0. The number of pyridine rings is 1. The molecule has 0 fully saturated rings. The van der Waals surface area contributed by atoms with E-state index in [0.717, 1.165) is 29.2 Å². The van der Waals surface area contributed by atoms with Crippen LogP contribution in [-0.4, -0.2) is 11.0 Å². The summed E-state index contributed by atoms with van der Waals surface area (Å²) in [5.41, 5.74) is 9.13. The highest BCUT2D eigenvalue weighted by Crippen LogP contribution is 2.28. The van der Waals surface area contributed by atoms with Gasteiger partial charge in [-0.15, -0.1) is 0 Å². The molecular formula is C16H20N2O. The van der Waals surface area contributed by atoms with E-state index >= 15 is 0 Å². The lowest BCUT2D eigenvalue weighted by Crippen LogP contribution is -2.18. The smallest absolute Gasteiger partial charge is 0.148 e. The molecule has 0 saturated heterocycles. The Balaban J connectivity index is 2.32. The molecule has 0 aliphatic rings. The number of hydrogen-bond acceptors (Lipinski definition) is 3. The number of benzene rings is 1. The van der Waals surface area contributed by atoms with Crippen LogP contribution in [0.25, 0.3) is 0 Å². The van der Waals surface area contributed by atoms with E-state index in [9.17, 15) is 0 Å². The average molecular weight is 256 g/mol. The molecule has 0 amide bonds. The van der Waals surface area contributed by atoms with Gasteiger partial charge in [-0.05, 0) is 51.0 Å². The Labute approximate surface area is 114 Å². The third-order valence-corrected chi connectivity index (χ3v) is 2.94. The van der Waals surface area contributed by atoms with Gasteiger partial charge in [0.25, 0.3) is 0 Å². The van der Waals surface area contributed by atoms with Crippen molar-refractivity contribution in [2.75, 3.05) is 0 Å². The highest BCUT2D eigenvalue weighted by Gasteiger charge is 2.09. The van der Waals surface area contributed by atoms with Crippen molar-refractivity contribution in [3.05, 3.63) is 53.3 Å². The van der Waals surface area contributed by atoms with Gasteiger partial charge in [-0.25, -0.2) is 0 Å². The zero-order chi connectivity index (χ0) is 13.8. The lowest BCUT2D eigenvalue weighted by molar-refractivity contribution is 0.467. The molecule has 1 aromatic carbocycles. The molecule has 100 valence electrons. The minimum Gasteiger partial charge on any atom is -0.455 e. The van der Waals surface area contributed by atoms with Gasteiger partial charge in [-0.3, -0.25) is 4.98 Å². The summed E-state index contributed by atoms with van der Waals surface area (Å²) in [7, 11) is 0. The highest BCUT2D eigenvalue weighted by molar-refractivity contribution is 5.41. The van der Waals surface area contributed by atoms with Gasteiger partial charge < -0.3 is 10.5 Å². The van der Waals surface area contributed by atoms with Crippen LogP contribution in [0.4, 0.5) is 0 Å². The Kier molecular flexibility index (Phi) is 4.17. The molecule has 1 heterocycles. The van der Waals surface area contributed by atoms with Crippen molar-refractivity contribution in [3.63, 3.8) is 0 Å². The number of nitrogens with two attached hydrogens (primary N) is 1. The van der Waals surface area contributed by atoms with Crippen molar-refractivity contribution in [1.82, 2.24) is 4.98 Å². The Morgan fingerprint density at radius 2 is 2.00 bits per heavy atom. The van der Waals surface area contributed by atoms with E-state index < -0.39 is 0 Å². The topological polar surface area (TPSA) is 48.1 Å². The van der Waals surface area contributed by atoms with E-state index in [1.165, 1.54) is 5.56 Å². The predicted octanol–water partition coefficient (Wildman–Crippen LogP) is 3.38. The summed E-state index contributed by atoms with van der Waals surface area (Å²) < 4.78 is 5.98. The zero-order valence-corrected chi connectivity index (χ0v) is 11.7. The summed E-state index contributed by atoms with van der Waals surface area (Å²) >= 11 is 0. The molecule has 0 aliphatic carbocycles. The van der Waals surface area contributed by atoms with Gasteiger partial charge in [0.15, 0.2) is 0 Å². The number of aromatic nitrogens is 1. The summed E-state index contributed by atoms with van der Waals surface area (Å²) in [6.07, 6.45) is 2.57. The number of hydrogen-bond donors (Lipinski definition) is 1. The van der Waals surface area contributed by atoms with Gasteiger partial charge in [0.2, 0.25) is 0 Å². The van der Waals surface area contributed by atoms with Gasteiger partial charge in [0.1, 0.15) is 11.5 Å². The fourth-order valence-corrected chi connectivity index (χ4v) is 2.01. The van der Waals surface area contributed by atoms with Crippen molar-refractivity contribution in [3.8, 4) is 11.5 Å². The number of aryl methyl sites for hydroxylation is 2. The molecule has 0 saturated carbocycles. The number of ether oxygens (including phenoxy) is 1. The third kappa shape index (κ3) is 3.55. The monoisotopic (exact) mass is 256 g/mol. The molecule has 2 aromatic rings. The summed E-state index contributed by atoms with van der Waals surface area (Å²) in [4.78, 5) is 4.23. The Hall–Kier alpha value is -1.87. The molecule has 19 heavy (non-hydrogen) atoms. The van der Waals surface area contributed by atoms with E-state index in [-0.39, 0.29) is 6.04 Å². The van der Waals surface area contributed by atoms with Crippen molar-refractivity contribution in [1.29, 1.82) is 0 Å². The molecule has 2 rings (SSSR count). The standard InChI is InChI=1S/C16H20N2O/c1-11-6-7-16(14(9-11)10-12(2)17)19-15-5-4-8-18-13(15)3/h4-9,12H,10,17H2,1-3H3. The van der Waals surface area contributed by atoms with Crippen molar-refractivity contribution in [2.45, 2.75) is 33.2 Å². The first-order valence-electron chi connectivity index (χ1n) is 6.51. The Morgan fingerprint density at radius 1 is 1.21 bits per heavy atom.